The van der Waals surface area contributed by atoms with Crippen LogP contribution in [-0.4, -0.2) is 10.9 Å². The van der Waals surface area contributed by atoms with E-state index >= 15 is 0 Å². The van der Waals surface area contributed by atoms with Crippen molar-refractivity contribution in [2.24, 2.45) is 0 Å². The maximum Gasteiger partial charge on any atom is 0.261 e. The van der Waals surface area contributed by atoms with Gasteiger partial charge in [0.25, 0.3) is 5.56 Å². The van der Waals surface area contributed by atoms with Crippen molar-refractivity contribution in [3.63, 3.8) is 0 Å². The fraction of sp³-hybridized carbons (Fsp3) is 0.0909. The number of hydrogen-bond acceptors (Lipinski definition) is 3. The second-order valence-electron chi connectivity index (χ2n) is 3.09. The summed E-state index contributed by atoms with van der Waals surface area (Å²) in [4.78, 5) is 22.2. The maximum atomic E-state index is 11.6. The Labute approximate surface area is 85.8 Å². The van der Waals surface area contributed by atoms with E-state index < -0.39 is 0 Å². The molecule has 15 heavy (non-hydrogen) atoms. The summed E-state index contributed by atoms with van der Waals surface area (Å²) in [7, 11) is 0. The summed E-state index contributed by atoms with van der Waals surface area (Å²) in [5.74, 6) is 0.681. The highest BCUT2D eigenvalue weighted by molar-refractivity contribution is 5.73. The van der Waals surface area contributed by atoms with E-state index in [1.165, 1.54) is 10.6 Å². The largest absolute Gasteiger partial charge is 0.467 e. The molecule has 0 aliphatic rings. The van der Waals surface area contributed by atoms with E-state index in [0.29, 0.717) is 18.6 Å². The van der Waals surface area contributed by atoms with Gasteiger partial charge in [-0.2, -0.15) is 0 Å². The van der Waals surface area contributed by atoms with Crippen LogP contribution in [0, 0.1) is 0 Å². The van der Waals surface area contributed by atoms with Crippen molar-refractivity contribution in [1.29, 1.82) is 0 Å². The summed E-state index contributed by atoms with van der Waals surface area (Å²) in [5.41, 5.74) is -0.145. The zero-order valence-electron chi connectivity index (χ0n) is 7.92. The molecule has 0 saturated heterocycles. The maximum absolute atomic E-state index is 11.6. The van der Waals surface area contributed by atoms with E-state index in [2.05, 4.69) is 0 Å². The molecule has 2 aromatic rings. The lowest BCUT2D eigenvalue weighted by Gasteiger charge is -2.02. The number of nitrogens with zero attached hydrogens (tertiary/aromatic N) is 1. The predicted octanol–water partition coefficient (Wildman–Crippen LogP) is 1.30. The Balaban J connectivity index is 2.37. The summed E-state index contributed by atoms with van der Waals surface area (Å²) < 4.78 is 6.55. The topological polar surface area (TPSA) is 52.2 Å². The van der Waals surface area contributed by atoms with Gasteiger partial charge in [0.05, 0.1) is 18.4 Å². The highest BCUT2D eigenvalue weighted by atomic mass is 16.3. The van der Waals surface area contributed by atoms with E-state index in [-0.39, 0.29) is 11.1 Å². The Bertz CT molecular complexity index is 511. The molecule has 0 atom stereocenters. The van der Waals surface area contributed by atoms with Gasteiger partial charge in [0, 0.05) is 6.20 Å². The molecule has 4 heteroatoms. The van der Waals surface area contributed by atoms with Gasteiger partial charge in [-0.15, -0.1) is 0 Å². The smallest absolute Gasteiger partial charge is 0.261 e. The van der Waals surface area contributed by atoms with Gasteiger partial charge in [-0.3, -0.25) is 9.59 Å². The lowest BCUT2D eigenvalue weighted by Crippen LogP contribution is -2.22. The van der Waals surface area contributed by atoms with Crippen LogP contribution in [0.15, 0.2) is 45.9 Å². The lowest BCUT2D eigenvalue weighted by atomic mass is 10.3. The molecular weight excluding hydrogens is 194 g/mol. The first kappa shape index (κ1) is 9.45. The van der Waals surface area contributed by atoms with Crippen LogP contribution >= 0.6 is 0 Å². The predicted molar refractivity (Wildman–Crippen MR) is 53.9 cm³/mol. The standard InChI is InChI=1S/C11H9NO3/c13-8-9-3-1-5-12(11(9)14)7-10-4-2-6-15-10/h1-6,8H,7H2. The number of hydrogen-bond donors (Lipinski definition) is 0. The second-order valence-corrected chi connectivity index (χ2v) is 3.09. The summed E-state index contributed by atoms with van der Waals surface area (Å²) in [6.45, 7) is 0.341. The number of carbonyl (C=O) groups is 1. The lowest BCUT2D eigenvalue weighted by molar-refractivity contribution is 0.112. The third-order valence-corrected chi connectivity index (χ3v) is 2.08. The van der Waals surface area contributed by atoms with Crippen LogP contribution in [0.4, 0.5) is 0 Å². The molecular formula is C11H9NO3. The first-order valence-corrected chi connectivity index (χ1v) is 4.48. The zero-order valence-corrected chi connectivity index (χ0v) is 7.92. The number of furan rings is 1. The van der Waals surface area contributed by atoms with Crippen LogP contribution in [0.3, 0.4) is 0 Å². The summed E-state index contributed by atoms with van der Waals surface area (Å²) in [6.07, 6.45) is 3.72. The third-order valence-electron chi connectivity index (χ3n) is 2.08. The van der Waals surface area contributed by atoms with E-state index in [1.807, 2.05) is 0 Å². The van der Waals surface area contributed by atoms with E-state index in [1.54, 1.807) is 30.7 Å². The number of carbonyl (C=O) groups excluding carboxylic acids is 1. The first-order valence-electron chi connectivity index (χ1n) is 4.48. The fourth-order valence-electron chi connectivity index (χ4n) is 1.34. The molecule has 2 aromatic heterocycles. The SMILES string of the molecule is O=Cc1cccn(Cc2ccco2)c1=O. The molecule has 2 rings (SSSR count). The Kier molecular flexibility index (Phi) is 2.49. The van der Waals surface area contributed by atoms with Crippen LogP contribution in [-0.2, 0) is 6.54 Å². The number of aldehydes is 1. The molecule has 0 bridgehead atoms. The molecule has 4 nitrogen and oxygen atoms in total. The van der Waals surface area contributed by atoms with Crippen LogP contribution in [0.2, 0.25) is 0 Å². The van der Waals surface area contributed by atoms with Crippen molar-refractivity contribution in [2.75, 3.05) is 0 Å². The van der Waals surface area contributed by atoms with Crippen molar-refractivity contribution >= 4 is 6.29 Å². The molecule has 0 saturated carbocycles. The molecule has 0 aromatic carbocycles. The number of pyridine rings is 1. The van der Waals surface area contributed by atoms with Crippen molar-refractivity contribution in [1.82, 2.24) is 4.57 Å². The highest BCUT2D eigenvalue weighted by Gasteiger charge is 2.03. The van der Waals surface area contributed by atoms with E-state index in [0.717, 1.165) is 0 Å². The summed E-state index contributed by atoms with van der Waals surface area (Å²) in [6, 6.07) is 6.69. The van der Waals surface area contributed by atoms with Crippen LogP contribution in [0.1, 0.15) is 16.1 Å². The molecule has 0 radical (unpaired) electrons. The van der Waals surface area contributed by atoms with Gasteiger partial charge in [-0.05, 0) is 24.3 Å². The first-order chi connectivity index (χ1) is 7.31. The molecule has 0 fully saturated rings. The summed E-state index contributed by atoms with van der Waals surface area (Å²) >= 11 is 0. The minimum Gasteiger partial charge on any atom is -0.467 e. The third kappa shape index (κ3) is 1.88. The average Bonchev–Trinajstić information content (AvgIpc) is 2.74. The molecule has 76 valence electrons. The molecule has 0 unspecified atom stereocenters. The van der Waals surface area contributed by atoms with Gasteiger partial charge >= 0.3 is 0 Å². The quantitative estimate of drug-likeness (QED) is 0.706. The normalized spacial score (nSPS) is 10.1. The van der Waals surface area contributed by atoms with Gasteiger partial charge in [0.1, 0.15) is 5.76 Å². The Morgan fingerprint density at radius 3 is 2.87 bits per heavy atom. The van der Waals surface area contributed by atoms with Gasteiger partial charge in [0.15, 0.2) is 6.29 Å². The average molecular weight is 203 g/mol. The van der Waals surface area contributed by atoms with Crippen LogP contribution in [0.5, 0.6) is 0 Å². The molecule has 0 aliphatic carbocycles. The number of aromatic nitrogens is 1. The Morgan fingerprint density at radius 2 is 2.20 bits per heavy atom. The fourth-order valence-corrected chi connectivity index (χ4v) is 1.34. The monoisotopic (exact) mass is 203 g/mol. The van der Waals surface area contributed by atoms with E-state index in [9.17, 15) is 9.59 Å². The Morgan fingerprint density at radius 1 is 1.33 bits per heavy atom. The van der Waals surface area contributed by atoms with E-state index in [4.69, 9.17) is 4.42 Å². The van der Waals surface area contributed by atoms with Gasteiger partial charge in [-0.25, -0.2) is 0 Å². The molecule has 0 aliphatic heterocycles. The van der Waals surface area contributed by atoms with Crippen LogP contribution < -0.4 is 5.56 Å². The minimum absolute atomic E-state index is 0.157. The minimum atomic E-state index is -0.302. The molecule has 2 heterocycles. The second kappa shape index (κ2) is 3.96. The van der Waals surface area contributed by atoms with Gasteiger partial charge in [-0.1, -0.05) is 0 Å². The van der Waals surface area contributed by atoms with Crippen molar-refractivity contribution in [2.45, 2.75) is 6.54 Å². The number of rotatable bonds is 3. The zero-order chi connectivity index (χ0) is 10.7. The molecule has 0 N–H and O–H groups in total. The van der Waals surface area contributed by atoms with Crippen molar-refractivity contribution in [3.05, 3.63) is 58.4 Å². The summed E-state index contributed by atoms with van der Waals surface area (Å²) in [5, 5.41) is 0. The molecule has 0 spiro atoms. The van der Waals surface area contributed by atoms with Gasteiger partial charge in [0.2, 0.25) is 0 Å². The van der Waals surface area contributed by atoms with Crippen molar-refractivity contribution in [3.8, 4) is 0 Å². The highest BCUT2D eigenvalue weighted by Crippen LogP contribution is 2.01. The van der Waals surface area contributed by atoms with Gasteiger partial charge < -0.3 is 8.98 Å². The molecule has 0 amide bonds. The Hall–Kier alpha value is -2.10. The van der Waals surface area contributed by atoms with Crippen LogP contribution in [0.25, 0.3) is 0 Å². The van der Waals surface area contributed by atoms with Crippen molar-refractivity contribution < 1.29 is 9.21 Å².